The largest absolute Gasteiger partial charge is 0.354 e. The Balaban J connectivity index is 1.59. The first-order chi connectivity index (χ1) is 13.9. The number of amides is 1. The van der Waals surface area contributed by atoms with Crippen molar-refractivity contribution in [1.82, 2.24) is 9.88 Å². The smallest absolute Gasteiger partial charge is 0.222 e. The molecule has 1 amide bonds. The summed E-state index contributed by atoms with van der Waals surface area (Å²) in [4.78, 5) is 18.2. The van der Waals surface area contributed by atoms with E-state index in [0.29, 0.717) is 25.9 Å². The van der Waals surface area contributed by atoms with Gasteiger partial charge < -0.3 is 9.88 Å². The number of rotatable bonds is 4. The molecule has 29 heavy (non-hydrogen) atoms. The van der Waals surface area contributed by atoms with Gasteiger partial charge in [-0.15, -0.1) is 0 Å². The Labute approximate surface area is 172 Å². The lowest BCUT2D eigenvalue weighted by Gasteiger charge is -2.34. The van der Waals surface area contributed by atoms with E-state index in [9.17, 15) is 13.4 Å². The molecule has 1 aliphatic rings. The van der Waals surface area contributed by atoms with Crippen LogP contribution < -0.4 is 0 Å². The molecule has 0 radical (unpaired) electrons. The fourth-order valence-corrected chi connectivity index (χ4v) is 5.60. The lowest BCUT2D eigenvalue weighted by molar-refractivity contribution is -0.131. The SMILES string of the molecule is CC1CN(C(=O)CCc2c(-c3ccc(F)cc3)[nH]c3ccccc23)CC(C)S1=O. The van der Waals surface area contributed by atoms with Crippen molar-refractivity contribution in [3.8, 4) is 11.3 Å². The van der Waals surface area contributed by atoms with Crippen LogP contribution in [0.5, 0.6) is 0 Å². The predicted molar refractivity (Wildman–Crippen MR) is 116 cm³/mol. The van der Waals surface area contributed by atoms with Crippen LogP contribution in [0, 0.1) is 5.82 Å². The second-order valence-electron chi connectivity index (χ2n) is 7.78. The molecule has 152 valence electrons. The van der Waals surface area contributed by atoms with Crippen molar-refractivity contribution < 1.29 is 13.4 Å². The second-order valence-corrected chi connectivity index (χ2v) is 10.0. The zero-order valence-corrected chi connectivity index (χ0v) is 17.5. The molecule has 1 saturated heterocycles. The van der Waals surface area contributed by atoms with Crippen LogP contribution in [0.15, 0.2) is 48.5 Å². The Bertz CT molecular complexity index is 1050. The van der Waals surface area contributed by atoms with Gasteiger partial charge in [-0.25, -0.2) is 4.39 Å². The Kier molecular flexibility index (Phi) is 5.54. The first kappa shape index (κ1) is 19.8. The number of carbonyl (C=O) groups excluding carboxylic acids is 1. The predicted octanol–water partition coefficient (Wildman–Crippen LogP) is 4.27. The van der Waals surface area contributed by atoms with Gasteiger partial charge in [0.25, 0.3) is 0 Å². The molecular formula is C23H25FN2O2S. The van der Waals surface area contributed by atoms with Crippen LogP contribution in [0.3, 0.4) is 0 Å². The lowest BCUT2D eigenvalue weighted by Crippen LogP contribution is -2.49. The minimum Gasteiger partial charge on any atom is -0.354 e. The molecule has 1 N–H and O–H groups in total. The van der Waals surface area contributed by atoms with Crippen molar-refractivity contribution in [3.05, 3.63) is 59.9 Å². The highest BCUT2D eigenvalue weighted by Crippen LogP contribution is 2.31. The van der Waals surface area contributed by atoms with Crippen LogP contribution in [0.4, 0.5) is 4.39 Å². The number of para-hydroxylation sites is 1. The number of fused-ring (bicyclic) bond motifs is 1. The maximum atomic E-state index is 13.4. The fraction of sp³-hybridized carbons (Fsp3) is 0.348. The monoisotopic (exact) mass is 412 g/mol. The highest BCUT2D eigenvalue weighted by molar-refractivity contribution is 7.86. The molecule has 0 bridgehead atoms. The van der Waals surface area contributed by atoms with Crippen LogP contribution in [-0.4, -0.2) is 43.6 Å². The van der Waals surface area contributed by atoms with Crippen LogP contribution in [-0.2, 0) is 22.0 Å². The summed E-state index contributed by atoms with van der Waals surface area (Å²) < 4.78 is 25.5. The number of aromatic amines is 1. The van der Waals surface area contributed by atoms with Crippen molar-refractivity contribution in [2.75, 3.05) is 13.1 Å². The van der Waals surface area contributed by atoms with Gasteiger partial charge in [-0.1, -0.05) is 18.2 Å². The Morgan fingerprint density at radius 2 is 1.76 bits per heavy atom. The van der Waals surface area contributed by atoms with Gasteiger partial charge in [-0.3, -0.25) is 9.00 Å². The first-order valence-corrected chi connectivity index (χ1v) is 11.2. The van der Waals surface area contributed by atoms with E-state index < -0.39 is 10.8 Å². The average molecular weight is 413 g/mol. The van der Waals surface area contributed by atoms with Gasteiger partial charge in [-0.2, -0.15) is 0 Å². The summed E-state index contributed by atoms with van der Waals surface area (Å²) in [5, 5.41) is 1.09. The van der Waals surface area contributed by atoms with E-state index in [1.165, 1.54) is 12.1 Å². The average Bonchev–Trinajstić information content (AvgIpc) is 3.09. The third-order valence-corrected chi connectivity index (χ3v) is 7.52. The summed E-state index contributed by atoms with van der Waals surface area (Å²) in [6.45, 7) is 4.99. The minimum atomic E-state index is -0.879. The number of benzene rings is 2. The van der Waals surface area contributed by atoms with Crippen molar-refractivity contribution in [3.63, 3.8) is 0 Å². The van der Waals surface area contributed by atoms with E-state index in [1.54, 1.807) is 12.1 Å². The standard InChI is InChI=1S/C23H25FN2O2S/c1-15-13-26(14-16(2)29(15)28)22(27)12-11-20-19-5-3-4-6-21(19)25-23(20)17-7-9-18(24)10-8-17/h3-10,15-16,25H,11-14H2,1-2H3. The molecule has 1 aliphatic heterocycles. The van der Waals surface area contributed by atoms with E-state index >= 15 is 0 Å². The molecule has 1 aromatic heterocycles. The van der Waals surface area contributed by atoms with E-state index in [1.807, 2.05) is 43.0 Å². The molecule has 1 fully saturated rings. The van der Waals surface area contributed by atoms with Crippen molar-refractivity contribution in [1.29, 1.82) is 0 Å². The Hall–Kier alpha value is -2.47. The molecule has 2 aromatic carbocycles. The van der Waals surface area contributed by atoms with Gasteiger partial charge in [0, 0.05) is 57.4 Å². The molecule has 0 aliphatic carbocycles. The Morgan fingerprint density at radius 3 is 2.45 bits per heavy atom. The highest BCUT2D eigenvalue weighted by Gasteiger charge is 2.31. The molecule has 2 unspecified atom stereocenters. The molecule has 2 atom stereocenters. The minimum absolute atomic E-state index is 0.00515. The van der Waals surface area contributed by atoms with E-state index in [0.717, 1.165) is 27.7 Å². The van der Waals surface area contributed by atoms with E-state index in [2.05, 4.69) is 4.98 Å². The van der Waals surface area contributed by atoms with Crippen molar-refractivity contribution >= 4 is 27.6 Å². The summed E-state index contributed by atoms with van der Waals surface area (Å²) in [6.07, 6.45) is 0.986. The molecule has 2 heterocycles. The second kappa shape index (κ2) is 8.11. The van der Waals surface area contributed by atoms with E-state index in [4.69, 9.17) is 0 Å². The number of hydrogen-bond acceptors (Lipinski definition) is 2. The third-order valence-electron chi connectivity index (χ3n) is 5.64. The summed E-state index contributed by atoms with van der Waals surface area (Å²) in [5.41, 5.74) is 3.91. The summed E-state index contributed by atoms with van der Waals surface area (Å²) in [5.74, 6) is -0.178. The first-order valence-electron chi connectivity index (χ1n) is 9.96. The summed E-state index contributed by atoms with van der Waals surface area (Å²) in [7, 11) is -0.879. The molecule has 0 spiro atoms. The highest BCUT2D eigenvalue weighted by atomic mass is 32.2. The van der Waals surface area contributed by atoms with Crippen LogP contribution >= 0.6 is 0 Å². The lowest BCUT2D eigenvalue weighted by atomic mass is 10.0. The summed E-state index contributed by atoms with van der Waals surface area (Å²) in [6, 6.07) is 14.4. The number of H-pyrrole nitrogens is 1. The number of aryl methyl sites for hydroxylation is 1. The molecule has 4 rings (SSSR count). The number of nitrogens with zero attached hydrogens (tertiary/aromatic N) is 1. The van der Waals surface area contributed by atoms with Gasteiger partial charge in [0.2, 0.25) is 5.91 Å². The topological polar surface area (TPSA) is 53.2 Å². The summed E-state index contributed by atoms with van der Waals surface area (Å²) >= 11 is 0. The quantitative estimate of drug-likeness (QED) is 0.696. The maximum Gasteiger partial charge on any atom is 0.222 e. The maximum absolute atomic E-state index is 13.4. The van der Waals surface area contributed by atoms with Gasteiger partial charge in [-0.05, 0) is 61.7 Å². The molecule has 0 saturated carbocycles. The molecular weight excluding hydrogens is 387 g/mol. The number of nitrogens with one attached hydrogen (secondary N) is 1. The zero-order valence-electron chi connectivity index (χ0n) is 16.7. The third kappa shape index (κ3) is 3.99. The number of carbonyl (C=O) groups is 1. The molecule has 4 nitrogen and oxygen atoms in total. The molecule has 6 heteroatoms. The zero-order chi connectivity index (χ0) is 20.5. The van der Waals surface area contributed by atoms with Gasteiger partial charge in [0.1, 0.15) is 5.82 Å². The van der Waals surface area contributed by atoms with Crippen molar-refractivity contribution in [2.45, 2.75) is 37.2 Å². The van der Waals surface area contributed by atoms with Crippen molar-refractivity contribution in [2.24, 2.45) is 0 Å². The van der Waals surface area contributed by atoms with Gasteiger partial charge in [0.15, 0.2) is 0 Å². The van der Waals surface area contributed by atoms with Crippen LogP contribution in [0.25, 0.3) is 22.2 Å². The van der Waals surface area contributed by atoms with Gasteiger partial charge >= 0.3 is 0 Å². The van der Waals surface area contributed by atoms with E-state index in [-0.39, 0.29) is 22.2 Å². The number of aromatic nitrogens is 1. The fourth-order valence-electron chi connectivity index (χ4n) is 4.16. The number of hydrogen-bond donors (Lipinski definition) is 1. The normalized spacial score (nSPS) is 22.2. The van der Waals surface area contributed by atoms with Crippen LogP contribution in [0.1, 0.15) is 25.8 Å². The van der Waals surface area contributed by atoms with Gasteiger partial charge in [0.05, 0.1) is 0 Å². The Morgan fingerprint density at radius 1 is 1.10 bits per heavy atom. The molecule has 3 aromatic rings. The van der Waals surface area contributed by atoms with Crippen LogP contribution in [0.2, 0.25) is 0 Å². The number of halogens is 1.